The predicted octanol–water partition coefficient (Wildman–Crippen LogP) is 1.68. The van der Waals surface area contributed by atoms with Crippen molar-refractivity contribution < 1.29 is 15.1 Å². The highest BCUT2D eigenvalue weighted by atomic mass is 79.9. The maximum atomic E-state index is 9.56. The largest absolute Gasteiger partial charge is 0.367 e. The summed E-state index contributed by atoms with van der Waals surface area (Å²) in [7, 11) is 0. The normalized spacial score (nSPS) is 10.4. The first-order chi connectivity index (χ1) is 6.70. The molecule has 2 rings (SSSR count). The van der Waals surface area contributed by atoms with Gasteiger partial charge in [0.1, 0.15) is 0 Å². The molecule has 2 aromatic rings. The second-order valence-corrected chi connectivity index (χ2v) is 3.61. The Morgan fingerprint density at radius 1 is 1.21 bits per heavy atom. The summed E-state index contributed by atoms with van der Waals surface area (Å²) in [5.74, 6) is 0.303. The van der Waals surface area contributed by atoms with E-state index in [0.717, 1.165) is 15.0 Å². The zero-order valence-corrected chi connectivity index (χ0v) is 8.72. The van der Waals surface area contributed by atoms with E-state index in [1.807, 2.05) is 18.2 Å². The van der Waals surface area contributed by atoms with Gasteiger partial charge in [0.2, 0.25) is 0 Å². The fourth-order valence-electron chi connectivity index (χ4n) is 1.26. The first-order valence-electron chi connectivity index (χ1n) is 3.97. The lowest BCUT2D eigenvalue weighted by Crippen LogP contribution is -2.30. The molecule has 0 amide bonds. The van der Waals surface area contributed by atoms with Gasteiger partial charge in [-0.3, -0.25) is 0 Å². The molecular weight excluding hydrogens is 248 g/mol. The standard InChI is InChI=1S/C9H8BrN2O2/c10-8-6-11(13)9(12(8)14)7-4-2-1-3-5-7/h1-6,13-14H/q+1. The van der Waals surface area contributed by atoms with Crippen molar-refractivity contribution >= 4 is 15.9 Å². The minimum Gasteiger partial charge on any atom is -0.349 e. The Bertz CT molecular complexity index is 453. The van der Waals surface area contributed by atoms with E-state index >= 15 is 0 Å². The Kier molecular flexibility index (Phi) is 2.17. The van der Waals surface area contributed by atoms with Gasteiger partial charge in [0.15, 0.2) is 6.20 Å². The summed E-state index contributed by atoms with van der Waals surface area (Å²) in [4.78, 5) is 0. The van der Waals surface area contributed by atoms with Crippen LogP contribution in [-0.4, -0.2) is 15.1 Å². The first-order valence-corrected chi connectivity index (χ1v) is 4.76. The zero-order chi connectivity index (χ0) is 10.1. The van der Waals surface area contributed by atoms with Crippen LogP contribution in [0.2, 0.25) is 0 Å². The highest BCUT2D eigenvalue weighted by molar-refractivity contribution is 9.10. The lowest BCUT2D eigenvalue weighted by Gasteiger charge is -1.94. The molecule has 4 nitrogen and oxygen atoms in total. The molecule has 0 bridgehead atoms. The Morgan fingerprint density at radius 3 is 2.36 bits per heavy atom. The van der Waals surface area contributed by atoms with Crippen molar-refractivity contribution in [1.82, 2.24) is 4.73 Å². The maximum absolute atomic E-state index is 9.56. The predicted molar refractivity (Wildman–Crippen MR) is 52.1 cm³/mol. The lowest BCUT2D eigenvalue weighted by molar-refractivity contribution is -0.896. The lowest BCUT2D eigenvalue weighted by atomic mass is 10.2. The zero-order valence-electron chi connectivity index (χ0n) is 7.13. The molecule has 1 aromatic carbocycles. The monoisotopic (exact) mass is 255 g/mol. The number of hydrogen-bond donors (Lipinski definition) is 2. The van der Waals surface area contributed by atoms with Crippen LogP contribution in [0.15, 0.2) is 41.1 Å². The molecule has 14 heavy (non-hydrogen) atoms. The average Bonchev–Trinajstić information content (AvgIpc) is 2.43. The number of aromatic nitrogens is 2. The topological polar surface area (TPSA) is 49.3 Å². The Balaban J connectivity index is 2.62. The minimum atomic E-state index is 0.303. The molecule has 0 radical (unpaired) electrons. The van der Waals surface area contributed by atoms with Crippen LogP contribution < -0.4 is 4.73 Å². The Morgan fingerprint density at radius 2 is 1.86 bits per heavy atom. The summed E-state index contributed by atoms with van der Waals surface area (Å²) >= 11 is 3.10. The molecule has 0 aliphatic heterocycles. The van der Waals surface area contributed by atoms with Gasteiger partial charge in [-0.25, -0.2) is 0 Å². The number of benzene rings is 1. The van der Waals surface area contributed by atoms with E-state index in [9.17, 15) is 10.4 Å². The van der Waals surface area contributed by atoms with E-state index < -0.39 is 0 Å². The fraction of sp³-hybridized carbons (Fsp3) is 0. The van der Waals surface area contributed by atoms with Gasteiger partial charge < -0.3 is 10.4 Å². The van der Waals surface area contributed by atoms with Crippen LogP contribution >= 0.6 is 15.9 Å². The van der Waals surface area contributed by atoms with E-state index in [0.29, 0.717) is 10.4 Å². The molecule has 0 aliphatic rings. The summed E-state index contributed by atoms with van der Waals surface area (Å²) in [6, 6.07) is 9.11. The number of hydrogen-bond acceptors (Lipinski definition) is 2. The van der Waals surface area contributed by atoms with Crippen LogP contribution in [0.1, 0.15) is 0 Å². The summed E-state index contributed by atoms with van der Waals surface area (Å²) in [5, 5.41) is 19.0. The molecule has 0 atom stereocenters. The van der Waals surface area contributed by atoms with Crippen LogP contribution in [-0.2, 0) is 0 Å². The van der Waals surface area contributed by atoms with Gasteiger partial charge in [-0.15, -0.1) is 0 Å². The van der Waals surface area contributed by atoms with Crippen molar-refractivity contribution in [3.8, 4) is 11.4 Å². The van der Waals surface area contributed by atoms with Crippen molar-refractivity contribution in [3.05, 3.63) is 41.1 Å². The van der Waals surface area contributed by atoms with Gasteiger partial charge in [0.05, 0.1) is 5.56 Å². The minimum absolute atomic E-state index is 0.303. The first kappa shape index (κ1) is 9.08. The molecule has 0 spiro atoms. The van der Waals surface area contributed by atoms with Gasteiger partial charge in [-0.2, -0.15) is 0 Å². The maximum Gasteiger partial charge on any atom is 0.367 e. The van der Waals surface area contributed by atoms with Crippen LogP contribution in [0, 0.1) is 0 Å². The van der Waals surface area contributed by atoms with Crippen LogP contribution in [0.4, 0.5) is 0 Å². The van der Waals surface area contributed by atoms with Crippen molar-refractivity contribution in [3.63, 3.8) is 0 Å². The third-order valence-electron chi connectivity index (χ3n) is 1.88. The molecule has 0 saturated carbocycles. The molecule has 5 heteroatoms. The smallest absolute Gasteiger partial charge is 0.349 e. The SMILES string of the molecule is On1c(Br)c[n+](O)c1-c1ccccc1. The van der Waals surface area contributed by atoms with E-state index in [-0.39, 0.29) is 0 Å². The number of nitrogens with zero attached hydrogens (tertiary/aromatic N) is 2. The molecule has 0 saturated heterocycles. The number of halogens is 1. The van der Waals surface area contributed by atoms with Crippen LogP contribution in [0.25, 0.3) is 11.4 Å². The molecule has 0 fully saturated rings. The summed E-state index contributed by atoms with van der Waals surface area (Å²) in [6.07, 6.45) is 1.36. The third kappa shape index (κ3) is 1.35. The van der Waals surface area contributed by atoms with E-state index in [1.54, 1.807) is 12.1 Å². The van der Waals surface area contributed by atoms with Gasteiger partial charge >= 0.3 is 5.82 Å². The quantitative estimate of drug-likeness (QED) is 0.602. The van der Waals surface area contributed by atoms with Crippen LogP contribution in [0.5, 0.6) is 0 Å². The van der Waals surface area contributed by atoms with Crippen LogP contribution in [0.3, 0.4) is 0 Å². The second kappa shape index (κ2) is 3.34. The number of imidazole rings is 1. The van der Waals surface area contributed by atoms with Gasteiger partial charge in [0, 0.05) is 15.9 Å². The van der Waals surface area contributed by atoms with E-state index in [1.165, 1.54) is 6.20 Å². The van der Waals surface area contributed by atoms with E-state index in [4.69, 9.17) is 0 Å². The van der Waals surface area contributed by atoms with E-state index in [2.05, 4.69) is 15.9 Å². The molecule has 72 valence electrons. The summed E-state index contributed by atoms with van der Waals surface area (Å²) in [6.45, 7) is 0. The number of rotatable bonds is 1. The van der Waals surface area contributed by atoms with Crippen molar-refractivity contribution in [2.24, 2.45) is 0 Å². The third-order valence-corrected chi connectivity index (χ3v) is 2.42. The average molecular weight is 256 g/mol. The fourth-order valence-corrected chi connectivity index (χ4v) is 1.62. The highest BCUT2D eigenvalue weighted by Gasteiger charge is 2.23. The molecule has 0 unspecified atom stereocenters. The van der Waals surface area contributed by atoms with Crippen molar-refractivity contribution in [1.29, 1.82) is 0 Å². The van der Waals surface area contributed by atoms with Gasteiger partial charge in [-0.1, -0.05) is 18.2 Å². The van der Waals surface area contributed by atoms with Crippen molar-refractivity contribution in [2.45, 2.75) is 0 Å². The molecule has 2 N–H and O–H groups in total. The Labute approximate surface area is 88.7 Å². The Hall–Kier alpha value is -1.49. The molecule has 1 aromatic heterocycles. The molecular formula is C9H8BrN2O2+. The molecule has 0 aliphatic carbocycles. The summed E-state index contributed by atoms with van der Waals surface area (Å²) < 4.78 is 2.12. The molecule has 1 heterocycles. The second-order valence-electron chi connectivity index (χ2n) is 2.80. The summed E-state index contributed by atoms with van der Waals surface area (Å²) in [5.41, 5.74) is 0.725. The van der Waals surface area contributed by atoms with Crippen molar-refractivity contribution in [2.75, 3.05) is 0 Å². The van der Waals surface area contributed by atoms with Gasteiger partial charge in [0.25, 0.3) is 4.60 Å². The van der Waals surface area contributed by atoms with Gasteiger partial charge in [-0.05, 0) is 21.6 Å². The highest BCUT2D eigenvalue weighted by Crippen LogP contribution is 2.18.